The summed E-state index contributed by atoms with van der Waals surface area (Å²) in [5, 5.41) is 6.07. The van der Waals surface area contributed by atoms with Crippen LogP contribution in [-0.4, -0.2) is 49.3 Å². The normalized spacial score (nSPS) is 23.0. The maximum Gasteiger partial charge on any atom is 0.315 e. The van der Waals surface area contributed by atoms with Gasteiger partial charge in [-0.15, -0.1) is 0 Å². The minimum atomic E-state index is -0.198. The lowest BCUT2D eigenvalue weighted by Crippen LogP contribution is -2.51. The standard InChI is InChI=1S/C18H26FN3O2/c19-15-5-3-14(4-6-15)12-22-9-7-16(8-10-22)20-18(23)21-17-2-1-11-24-13-17/h3-6,16-17H,1-2,7-13H2,(H2,20,21,23). The van der Waals surface area contributed by atoms with Crippen molar-refractivity contribution >= 4 is 6.03 Å². The zero-order valence-electron chi connectivity index (χ0n) is 14.0. The van der Waals surface area contributed by atoms with Gasteiger partial charge >= 0.3 is 6.03 Å². The molecule has 0 aliphatic carbocycles. The first-order valence-corrected chi connectivity index (χ1v) is 8.80. The lowest BCUT2D eigenvalue weighted by molar-refractivity contribution is 0.0728. The molecule has 1 aromatic rings. The Bertz CT molecular complexity index is 524. The van der Waals surface area contributed by atoms with Crippen LogP contribution in [0.25, 0.3) is 0 Å². The quantitative estimate of drug-likeness (QED) is 0.887. The van der Waals surface area contributed by atoms with Gasteiger partial charge in [-0.05, 0) is 43.4 Å². The van der Waals surface area contributed by atoms with Gasteiger partial charge in [0.25, 0.3) is 0 Å². The predicted octanol–water partition coefficient (Wildman–Crippen LogP) is 2.27. The summed E-state index contributed by atoms with van der Waals surface area (Å²) in [5.74, 6) is -0.198. The van der Waals surface area contributed by atoms with Crippen molar-refractivity contribution < 1.29 is 13.9 Å². The van der Waals surface area contributed by atoms with E-state index in [1.807, 2.05) is 12.1 Å². The third-order valence-electron chi connectivity index (χ3n) is 4.74. The number of nitrogens with zero attached hydrogens (tertiary/aromatic N) is 1. The highest BCUT2D eigenvalue weighted by Gasteiger charge is 2.22. The monoisotopic (exact) mass is 335 g/mol. The zero-order chi connectivity index (χ0) is 16.8. The van der Waals surface area contributed by atoms with Crippen molar-refractivity contribution in [2.24, 2.45) is 0 Å². The Morgan fingerprint density at radius 1 is 1.12 bits per heavy atom. The van der Waals surface area contributed by atoms with Gasteiger partial charge in [0.05, 0.1) is 12.6 Å². The SMILES string of the molecule is O=C(NC1CCN(Cc2ccc(F)cc2)CC1)NC1CCCOC1. The maximum absolute atomic E-state index is 12.9. The average molecular weight is 335 g/mol. The van der Waals surface area contributed by atoms with Crippen LogP contribution < -0.4 is 10.6 Å². The number of nitrogens with one attached hydrogen (secondary N) is 2. The molecule has 24 heavy (non-hydrogen) atoms. The number of rotatable bonds is 4. The molecule has 1 unspecified atom stereocenters. The molecular weight excluding hydrogens is 309 g/mol. The number of carbonyl (C=O) groups excluding carboxylic acids is 1. The van der Waals surface area contributed by atoms with Gasteiger partial charge in [0.2, 0.25) is 0 Å². The molecule has 2 amide bonds. The fraction of sp³-hybridized carbons (Fsp3) is 0.611. The third-order valence-corrected chi connectivity index (χ3v) is 4.74. The second-order valence-corrected chi connectivity index (χ2v) is 6.71. The molecule has 2 aliphatic rings. The van der Waals surface area contributed by atoms with Crippen LogP contribution in [0.5, 0.6) is 0 Å². The highest BCUT2D eigenvalue weighted by molar-refractivity contribution is 5.74. The number of hydrogen-bond donors (Lipinski definition) is 2. The van der Waals surface area contributed by atoms with Crippen LogP contribution in [0.4, 0.5) is 9.18 Å². The second-order valence-electron chi connectivity index (χ2n) is 6.71. The highest BCUT2D eigenvalue weighted by atomic mass is 19.1. The van der Waals surface area contributed by atoms with E-state index in [4.69, 9.17) is 4.74 Å². The average Bonchev–Trinajstić information content (AvgIpc) is 2.59. The van der Waals surface area contributed by atoms with E-state index in [1.54, 1.807) is 0 Å². The minimum absolute atomic E-state index is 0.0810. The summed E-state index contributed by atoms with van der Waals surface area (Å²) in [5.41, 5.74) is 1.12. The fourth-order valence-corrected chi connectivity index (χ4v) is 3.35. The van der Waals surface area contributed by atoms with Crippen LogP contribution in [0.3, 0.4) is 0 Å². The Morgan fingerprint density at radius 2 is 1.83 bits per heavy atom. The van der Waals surface area contributed by atoms with Crippen molar-refractivity contribution in [3.05, 3.63) is 35.6 Å². The largest absolute Gasteiger partial charge is 0.379 e. The topological polar surface area (TPSA) is 53.6 Å². The van der Waals surface area contributed by atoms with E-state index in [0.29, 0.717) is 6.61 Å². The van der Waals surface area contributed by atoms with E-state index < -0.39 is 0 Å². The second kappa shape index (κ2) is 8.44. The first-order valence-electron chi connectivity index (χ1n) is 8.80. The van der Waals surface area contributed by atoms with E-state index >= 15 is 0 Å². The molecule has 1 atom stereocenters. The molecular formula is C18H26FN3O2. The first-order chi connectivity index (χ1) is 11.7. The first kappa shape index (κ1) is 17.2. The summed E-state index contributed by atoms with van der Waals surface area (Å²) in [4.78, 5) is 14.4. The van der Waals surface area contributed by atoms with Crippen molar-refractivity contribution in [3.8, 4) is 0 Å². The zero-order valence-corrected chi connectivity index (χ0v) is 14.0. The summed E-state index contributed by atoms with van der Waals surface area (Å²) in [6.07, 6.45) is 3.88. The van der Waals surface area contributed by atoms with Gasteiger partial charge in [-0.3, -0.25) is 4.90 Å². The van der Waals surface area contributed by atoms with Crippen molar-refractivity contribution in [1.29, 1.82) is 0 Å². The summed E-state index contributed by atoms with van der Waals surface area (Å²) >= 11 is 0. The van der Waals surface area contributed by atoms with Crippen LogP contribution in [0.1, 0.15) is 31.2 Å². The molecule has 5 nitrogen and oxygen atoms in total. The van der Waals surface area contributed by atoms with E-state index in [0.717, 1.165) is 57.5 Å². The van der Waals surface area contributed by atoms with Crippen LogP contribution >= 0.6 is 0 Å². The minimum Gasteiger partial charge on any atom is -0.379 e. The number of urea groups is 1. The molecule has 2 N–H and O–H groups in total. The van der Waals surface area contributed by atoms with Crippen molar-refractivity contribution in [3.63, 3.8) is 0 Å². The van der Waals surface area contributed by atoms with Crippen molar-refractivity contribution in [2.45, 2.75) is 44.3 Å². The number of ether oxygens (including phenoxy) is 1. The predicted molar refractivity (Wildman–Crippen MR) is 90.2 cm³/mol. The molecule has 1 aromatic carbocycles. The van der Waals surface area contributed by atoms with Crippen LogP contribution in [0.15, 0.2) is 24.3 Å². The molecule has 2 aliphatic heterocycles. The van der Waals surface area contributed by atoms with Gasteiger partial charge in [-0.2, -0.15) is 0 Å². The Hall–Kier alpha value is -1.66. The van der Waals surface area contributed by atoms with Gasteiger partial charge in [0.1, 0.15) is 5.82 Å². The third kappa shape index (κ3) is 5.18. The van der Waals surface area contributed by atoms with E-state index in [2.05, 4.69) is 15.5 Å². The number of hydrogen-bond acceptors (Lipinski definition) is 3. The molecule has 0 radical (unpaired) electrons. The molecule has 0 spiro atoms. The smallest absolute Gasteiger partial charge is 0.315 e. The molecule has 0 aromatic heterocycles. The Morgan fingerprint density at radius 3 is 2.50 bits per heavy atom. The Balaban J connectivity index is 1.37. The molecule has 2 heterocycles. The summed E-state index contributed by atoms with van der Waals surface area (Å²) in [7, 11) is 0. The lowest BCUT2D eigenvalue weighted by Gasteiger charge is -2.33. The van der Waals surface area contributed by atoms with E-state index in [1.165, 1.54) is 12.1 Å². The van der Waals surface area contributed by atoms with Crippen LogP contribution in [-0.2, 0) is 11.3 Å². The molecule has 6 heteroatoms. The van der Waals surface area contributed by atoms with Crippen LogP contribution in [0.2, 0.25) is 0 Å². The van der Waals surface area contributed by atoms with Gasteiger partial charge in [-0.25, -0.2) is 9.18 Å². The summed E-state index contributed by atoms with van der Waals surface area (Å²) in [6, 6.07) is 6.95. The molecule has 3 rings (SSSR count). The van der Waals surface area contributed by atoms with E-state index in [-0.39, 0.29) is 23.9 Å². The van der Waals surface area contributed by atoms with Gasteiger partial charge in [0.15, 0.2) is 0 Å². The number of benzene rings is 1. The molecule has 0 bridgehead atoms. The molecule has 2 fully saturated rings. The van der Waals surface area contributed by atoms with Crippen LogP contribution in [0, 0.1) is 5.82 Å². The molecule has 2 saturated heterocycles. The summed E-state index contributed by atoms with van der Waals surface area (Å²) < 4.78 is 18.3. The molecule has 132 valence electrons. The fourth-order valence-electron chi connectivity index (χ4n) is 3.35. The van der Waals surface area contributed by atoms with Gasteiger partial charge in [-0.1, -0.05) is 12.1 Å². The lowest BCUT2D eigenvalue weighted by atomic mass is 10.0. The Labute approximate surface area is 142 Å². The maximum atomic E-state index is 12.9. The number of amides is 2. The van der Waals surface area contributed by atoms with E-state index in [9.17, 15) is 9.18 Å². The summed E-state index contributed by atoms with van der Waals surface area (Å²) in [6.45, 7) is 4.12. The number of piperidine rings is 1. The van der Waals surface area contributed by atoms with Crippen molar-refractivity contribution in [1.82, 2.24) is 15.5 Å². The molecule has 0 saturated carbocycles. The Kier molecular flexibility index (Phi) is 6.04. The number of halogens is 1. The number of carbonyl (C=O) groups is 1. The van der Waals surface area contributed by atoms with Gasteiger partial charge in [0, 0.05) is 32.3 Å². The van der Waals surface area contributed by atoms with Crippen molar-refractivity contribution in [2.75, 3.05) is 26.3 Å². The number of likely N-dealkylation sites (tertiary alicyclic amines) is 1. The van der Waals surface area contributed by atoms with Gasteiger partial charge < -0.3 is 15.4 Å². The highest BCUT2D eigenvalue weighted by Crippen LogP contribution is 2.14.